The van der Waals surface area contributed by atoms with Crippen molar-refractivity contribution in [3.8, 4) is 0 Å². The van der Waals surface area contributed by atoms with Gasteiger partial charge in [-0.15, -0.1) is 0 Å². The SMILES string of the molecule is CCCCC(NC(Cc1cncn1Cc1ccc(C(F)(F)F)cc1)C(=O)O)C(=O)O. The van der Waals surface area contributed by atoms with Crippen LogP contribution in [0.25, 0.3) is 0 Å². The number of aromatic nitrogens is 2. The fourth-order valence-corrected chi connectivity index (χ4v) is 3.01. The number of halogens is 3. The molecular formula is C20H24F3N3O4. The molecule has 0 aliphatic carbocycles. The molecule has 0 aliphatic rings. The van der Waals surface area contributed by atoms with Crippen LogP contribution >= 0.6 is 0 Å². The average Bonchev–Trinajstić information content (AvgIpc) is 3.10. The maximum atomic E-state index is 12.7. The monoisotopic (exact) mass is 427 g/mol. The maximum Gasteiger partial charge on any atom is 0.416 e. The summed E-state index contributed by atoms with van der Waals surface area (Å²) in [4.78, 5) is 27.1. The predicted molar refractivity (Wildman–Crippen MR) is 102 cm³/mol. The lowest BCUT2D eigenvalue weighted by Gasteiger charge is -2.21. The molecule has 7 nitrogen and oxygen atoms in total. The number of carboxylic acids is 2. The first-order chi connectivity index (χ1) is 14.1. The van der Waals surface area contributed by atoms with Gasteiger partial charge in [-0.1, -0.05) is 31.9 Å². The van der Waals surface area contributed by atoms with Gasteiger partial charge in [-0.2, -0.15) is 13.2 Å². The molecule has 0 fully saturated rings. The minimum absolute atomic E-state index is 0.0220. The largest absolute Gasteiger partial charge is 0.480 e. The van der Waals surface area contributed by atoms with Crippen molar-refractivity contribution in [2.24, 2.45) is 0 Å². The Balaban J connectivity index is 2.12. The van der Waals surface area contributed by atoms with Gasteiger partial charge in [0.1, 0.15) is 12.1 Å². The topological polar surface area (TPSA) is 104 Å². The molecule has 2 aromatic rings. The molecular weight excluding hydrogens is 403 g/mol. The van der Waals surface area contributed by atoms with E-state index in [1.807, 2.05) is 6.92 Å². The molecule has 0 aliphatic heterocycles. The Hall–Kier alpha value is -2.88. The summed E-state index contributed by atoms with van der Waals surface area (Å²) in [7, 11) is 0. The molecule has 0 saturated heterocycles. The van der Waals surface area contributed by atoms with Crippen molar-refractivity contribution >= 4 is 11.9 Å². The van der Waals surface area contributed by atoms with Crippen LogP contribution in [0.15, 0.2) is 36.8 Å². The van der Waals surface area contributed by atoms with Gasteiger partial charge in [0.2, 0.25) is 0 Å². The number of unbranched alkanes of at least 4 members (excludes halogenated alkanes) is 1. The second-order valence-corrected chi connectivity index (χ2v) is 7.00. The fourth-order valence-electron chi connectivity index (χ4n) is 3.01. The van der Waals surface area contributed by atoms with Gasteiger partial charge in [0.25, 0.3) is 0 Å². The van der Waals surface area contributed by atoms with E-state index in [0.717, 1.165) is 18.6 Å². The van der Waals surface area contributed by atoms with E-state index in [4.69, 9.17) is 0 Å². The van der Waals surface area contributed by atoms with E-state index in [1.54, 1.807) is 4.57 Å². The summed E-state index contributed by atoms with van der Waals surface area (Å²) in [6.07, 6.45) is 0.205. The van der Waals surface area contributed by atoms with Gasteiger partial charge in [0.15, 0.2) is 0 Å². The smallest absolute Gasteiger partial charge is 0.416 e. The number of imidazole rings is 1. The van der Waals surface area contributed by atoms with E-state index in [9.17, 15) is 33.0 Å². The summed E-state index contributed by atoms with van der Waals surface area (Å²) in [6, 6.07) is 2.54. The molecule has 0 bridgehead atoms. The van der Waals surface area contributed by atoms with Crippen LogP contribution in [0.3, 0.4) is 0 Å². The molecule has 2 rings (SSSR count). The van der Waals surface area contributed by atoms with E-state index in [0.29, 0.717) is 24.1 Å². The Bertz CT molecular complexity index is 850. The van der Waals surface area contributed by atoms with Crippen LogP contribution in [0, 0.1) is 0 Å². The third kappa shape index (κ3) is 6.58. The van der Waals surface area contributed by atoms with Crippen molar-refractivity contribution in [1.29, 1.82) is 0 Å². The molecule has 0 saturated carbocycles. The van der Waals surface area contributed by atoms with Crippen molar-refractivity contribution in [2.75, 3.05) is 0 Å². The second-order valence-electron chi connectivity index (χ2n) is 7.00. The Morgan fingerprint density at radius 3 is 2.30 bits per heavy atom. The van der Waals surface area contributed by atoms with Gasteiger partial charge < -0.3 is 14.8 Å². The molecule has 3 N–H and O–H groups in total. The predicted octanol–water partition coefficient (Wildman–Crippen LogP) is 3.18. The number of benzene rings is 1. The van der Waals surface area contributed by atoms with E-state index >= 15 is 0 Å². The van der Waals surface area contributed by atoms with Crippen LogP contribution in [0.2, 0.25) is 0 Å². The lowest BCUT2D eigenvalue weighted by molar-refractivity contribution is -0.143. The summed E-state index contributed by atoms with van der Waals surface area (Å²) in [5.74, 6) is -2.31. The summed E-state index contributed by atoms with van der Waals surface area (Å²) in [6.45, 7) is 2.12. The van der Waals surface area contributed by atoms with Crippen molar-refractivity contribution in [1.82, 2.24) is 14.9 Å². The highest BCUT2D eigenvalue weighted by Gasteiger charge is 2.30. The number of aliphatic carboxylic acids is 2. The highest BCUT2D eigenvalue weighted by atomic mass is 19.4. The molecule has 1 aromatic heterocycles. The molecule has 1 aromatic carbocycles. The maximum absolute atomic E-state index is 12.7. The van der Waals surface area contributed by atoms with Crippen LogP contribution in [0.5, 0.6) is 0 Å². The van der Waals surface area contributed by atoms with Crippen molar-refractivity contribution < 1.29 is 33.0 Å². The molecule has 2 atom stereocenters. The zero-order valence-corrected chi connectivity index (χ0v) is 16.4. The van der Waals surface area contributed by atoms with Crippen molar-refractivity contribution in [2.45, 2.75) is 57.4 Å². The number of hydrogen-bond acceptors (Lipinski definition) is 4. The van der Waals surface area contributed by atoms with Crippen LogP contribution in [0.1, 0.15) is 43.0 Å². The Morgan fingerprint density at radius 2 is 1.77 bits per heavy atom. The zero-order valence-electron chi connectivity index (χ0n) is 16.4. The van der Waals surface area contributed by atoms with Crippen LogP contribution in [-0.2, 0) is 28.7 Å². The number of rotatable bonds is 11. The van der Waals surface area contributed by atoms with Gasteiger partial charge in [-0.25, -0.2) is 4.98 Å². The third-order valence-corrected chi connectivity index (χ3v) is 4.69. The second kappa shape index (κ2) is 10.2. The van der Waals surface area contributed by atoms with Gasteiger partial charge in [-0.05, 0) is 24.1 Å². The van der Waals surface area contributed by atoms with E-state index in [-0.39, 0.29) is 13.0 Å². The highest BCUT2D eigenvalue weighted by Crippen LogP contribution is 2.29. The summed E-state index contributed by atoms with van der Waals surface area (Å²) in [5, 5.41) is 21.5. The van der Waals surface area contributed by atoms with Crippen LogP contribution < -0.4 is 5.32 Å². The van der Waals surface area contributed by atoms with E-state index in [2.05, 4.69) is 10.3 Å². The Morgan fingerprint density at radius 1 is 1.13 bits per heavy atom. The number of alkyl halides is 3. The molecule has 10 heteroatoms. The number of nitrogens with zero attached hydrogens (tertiary/aromatic N) is 2. The highest BCUT2D eigenvalue weighted by molar-refractivity contribution is 5.77. The number of hydrogen-bond donors (Lipinski definition) is 3. The van der Waals surface area contributed by atoms with Crippen LogP contribution in [-0.4, -0.2) is 43.8 Å². The molecule has 1 heterocycles. The number of carbonyl (C=O) groups is 2. The molecule has 0 amide bonds. The van der Waals surface area contributed by atoms with Gasteiger partial charge >= 0.3 is 18.1 Å². The van der Waals surface area contributed by atoms with Gasteiger partial charge in [0.05, 0.1) is 11.9 Å². The normalized spacial score (nSPS) is 13.7. The molecule has 164 valence electrons. The number of nitrogens with one attached hydrogen (secondary N) is 1. The molecule has 2 unspecified atom stereocenters. The number of carboxylic acid groups (broad SMARTS) is 2. The third-order valence-electron chi connectivity index (χ3n) is 4.69. The van der Waals surface area contributed by atoms with Crippen molar-refractivity contribution in [3.63, 3.8) is 0 Å². The summed E-state index contributed by atoms with van der Waals surface area (Å²) < 4.78 is 39.7. The summed E-state index contributed by atoms with van der Waals surface area (Å²) in [5.41, 5.74) is 0.363. The minimum Gasteiger partial charge on any atom is -0.480 e. The molecule has 0 spiro atoms. The summed E-state index contributed by atoms with van der Waals surface area (Å²) >= 11 is 0. The Kier molecular flexibility index (Phi) is 7.99. The van der Waals surface area contributed by atoms with Gasteiger partial charge in [-0.3, -0.25) is 14.9 Å². The fraction of sp³-hybridized carbons (Fsp3) is 0.450. The average molecular weight is 427 g/mol. The van der Waals surface area contributed by atoms with Crippen LogP contribution in [0.4, 0.5) is 13.2 Å². The van der Waals surface area contributed by atoms with E-state index in [1.165, 1.54) is 24.7 Å². The lowest BCUT2D eigenvalue weighted by atomic mass is 10.1. The Labute approximate surface area is 171 Å². The first kappa shape index (κ1) is 23.4. The molecule has 30 heavy (non-hydrogen) atoms. The van der Waals surface area contributed by atoms with Gasteiger partial charge in [0, 0.05) is 24.9 Å². The lowest BCUT2D eigenvalue weighted by Crippen LogP contribution is -2.48. The zero-order chi connectivity index (χ0) is 22.3. The first-order valence-corrected chi connectivity index (χ1v) is 9.48. The first-order valence-electron chi connectivity index (χ1n) is 9.48. The standard InChI is InChI=1S/C20H24F3N3O4/c1-2-3-4-16(18(27)28)25-17(19(29)30)9-15-10-24-12-26(15)11-13-5-7-14(8-6-13)20(21,22)23/h5-8,10,12,16-17,25H,2-4,9,11H2,1H3,(H,27,28)(H,29,30). The minimum atomic E-state index is -4.42. The quantitative estimate of drug-likeness (QED) is 0.509. The molecule has 0 radical (unpaired) electrons. The van der Waals surface area contributed by atoms with Crippen molar-refractivity contribution in [3.05, 3.63) is 53.6 Å². The van der Waals surface area contributed by atoms with E-state index < -0.39 is 35.8 Å².